The Hall–Kier alpha value is -6.72. The number of nitrogen functional groups attached to an aromatic ring is 2. The normalized spacial score (nSPS) is 16.0. The van der Waals surface area contributed by atoms with Crippen molar-refractivity contribution in [3.05, 3.63) is 98.8 Å². The number of carbonyl (C=O) groups excluding carboxylic acids is 2. The zero-order valence-corrected chi connectivity index (χ0v) is 33.1. The molecule has 27 heteroatoms. The van der Waals surface area contributed by atoms with Crippen molar-refractivity contribution >= 4 is 110 Å². The molecule has 0 spiro atoms. The third-order valence-corrected chi connectivity index (χ3v) is 11.7. The molecule has 312 valence electrons. The van der Waals surface area contributed by atoms with Crippen LogP contribution in [0.4, 0.5) is 34.1 Å². The summed E-state index contributed by atoms with van der Waals surface area (Å²) in [7, 11) is -18.6. The van der Waals surface area contributed by atoms with Crippen molar-refractivity contribution in [3.8, 4) is 5.75 Å². The second-order valence-corrected chi connectivity index (χ2v) is 17.9. The maximum atomic E-state index is 13.4. The minimum atomic E-state index is -5.13. The molecule has 23 nitrogen and oxygen atoms in total. The van der Waals surface area contributed by atoms with Crippen LogP contribution in [0.25, 0.3) is 12.2 Å². The van der Waals surface area contributed by atoms with E-state index in [0.717, 1.165) is 36.4 Å². The van der Waals surface area contributed by atoms with E-state index >= 15 is 0 Å². The Labute approximate surface area is 338 Å². The summed E-state index contributed by atoms with van der Waals surface area (Å²) in [6.07, 6.45) is 1.53. The van der Waals surface area contributed by atoms with Crippen molar-refractivity contribution < 1.29 is 66.2 Å². The zero-order valence-electron chi connectivity index (χ0n) is 29.9. The quantitative estimate of drug-likeness (QED) is 0.0461. The third-order valence-electron chi connectivity index (χ3n) is 8.34. The third kappa shape index (κ3) is 8.81. The number of hydrazone groups is 2. The summed E-state index contributed by atoms with van der Waals surface area (Å²) in [5, 5.41) is 15.9. The molecule has 0 atom stereocenters. The van der Waals surface area contributed by atoms with Gasteiger partial charge in [-0.2, -0.15) is 54.1 Å². The molecule has 10 N–H and O–H groups in total. The summed E-state index contributed by atoms with van der Waals surface area (Å²) < 4.78 is 139. The number of Topliss-reactive ketones (excluding diaryl/α,β-unsaturated/α-hetero) is 2. The second-order valence-electron chi connectivity index (χ2n) is 12.3. The second kappa shape index (κ2) is 15.5. The van der Waals surface area contributed by atoms with E-state index in [2.05, 4.69) is 31.3 Å². The molecular formula is C33H26N8O15S4. The van der Waals surface area contributed by atoms with Gasteiger partial charge in [0, 0.05) is 17.4 Å². The fourth-order valence-electron chi connectivity index (χ4n) is 5.64. The highest BCUT2D eigenvalue weighted by Crippen LogP contribution is 2.35. The SMILES string of the molecule is COc1cc(N=Nc2ccc(N/N=C3/C(=O)c4c(N)cc(S(=O)(=O)O)cc4C=C3S(=O)(=O)O)cc2)ccc1N/N=C1\C(=O)c2c(N)cc(S(=O)(=O)O)cc2C=C1S(=O)(=O)O. The summed E-state index contributed by atoms with van der Waals surface area (Å²) in [6, 6.07) is 13.1. The maximum Gasteiger partial charge on any atom is 0.296 e. The maximum absolute atomic E-state index is 13.4. The number of rotatable bonds is 11. The van der Waals surface area contributed by atoms with Gasteiger partial charge in [-0.05, 0) is 83.9 Å². The lowest BCUT2D eigenvalue weighted by atomic mass is 9.93. The van der Waals surface area contributed by atoms with E-state index in [-0.39, 0.29) is 50.8 Å². The monoisotopic (exact) mass is 902 g/mol. The number of azo groups is 1. The van der Waals surface area contributed by atoms with Crippen molar-refractivity contribution in [1.29, 1.82) is 0 Å². The van der Waals surface area contributed by atoms with Crippen LogP contribution in [0.15, 0.2) is 107 Å². The molecular weight excluding hydrogens is 877 g/mol. The highest BCUT2D eigenvalue weighted by atomic mass is 32.2. The number of hydrogen-bond donors (Lipinski definition) is 8. The van der Waals surface area contributed by atoms with E-state index in [0.29, 0.717) is 0 Å². The number of ether oxygens (including phenoxy) is 1. The number of hydrogen-bond acceptors (Lipinski definition) is 19. The predicted molar refractivity (Wildman–Crippen MR) is 215 cm³/mol. The first-order valence-corrected chi connectivity index (χ1v) is 21.8. The van der Waals surface area contributed by atoms with Crippen LogP contribution < -0.4 is 27.1 Å². The Kier molecular flexibility index (Phi) is 11.1. The molecule has 4 aromatic carbocycles. The van der Waals surface area contributed by atoms with Crippen molar-refractivity contribution in [2.24, 2.45) is 20.4 Å². The summed E-state index contributed by atoms with van der Waals surface area (Å²) in [5.74, 6) is -2.13. The number of ketones is 2. The van der Waals surface area contributed by atoms with Gasteiger partial charge in [-0.15, -0.1) is 0 Å². The van der Waals surface area contributed by atoms with Gasteiger partial charge in [0.15, 0.2) is 11.4 Å². The standard InChI is InChI=1S/C33H26N8O15S4/c1-56-25-12-19(6-7-24(25)39-41-31-27(60(53,54)55)11-16-9-21(58(47,48)49)14-23(35)29(16)33(31)43)38-36-17-2-4-18(5-3-17)37-40-30-26(59(50,51)52)10-15-8-20(57(44,45)46)13-22(34)28(15)32(30)42/h2-14,37,39H,34-35H2,1H3,(H,44,45,46)(H,47,48,49)(H,50,51,52)(H,53,54,55)/b38-36?,40-30+,41-31-. The van der Waals surface area contributed by atoms with Gasteiger partial charge < -0.3 is 16.2 Å². The topological polar surface area (TPSA) is 386 Å². The molecule has 0 fully saturated rings. The van der Waals surface area contributed by atoms with Gasteiger partial charge in [-0.1, -0.05) is 0 Å². The summed E-state index contributed by atoms with van der Waals surface area (Å²) in [5.41, 5.74) is 13.6. The molecule has 0 unspecified atom stereocenters. The first-order valence-electron chi connectivity index (χ1n) is 16.0. The smallest absolute Gasteiger partial charge is 0.296 e. The van der Waals surface area contributed by atoms with Crippen molar-refractivity contribution in [3.63, 3.8) is 0 Å². The van der Waals surface area contributed by atoms with Gasteiger partial charge in [0.1, 0.15) is 15.6 Å². The molecule has 6 rings (SSSR count). The number of nitrogens with one attached hydrogen (secondary N) is 2. The Morgan fingerprint density at radius 2 is 1.00 bits per heavy atom. The summed E-state index contributed by atoms with van der Waals surface area (Å²) in [4.78, 5) is 23.2. The highest BCUT2D eigenvalue weighted by Gasteiger charge is 2.36. The van der Waals surface area contributed by atoms with Gasteiger partial charge >= 0.3 is 0 Å². The minimum Gasteiger partial charge on any atom is -0.494 e. The van der Waals surface area contributed by atoms with Crippen LogP contribution in [0, 0.1) is 0 Å². The van der Waals surface area contributed by atoms with Crippen LogP contribution >= 0.6 is 0 Å². The molecule has 0 bridgehead atoms. The largest absolute Gasteiger partial charge is 0.494 e. The highest BCUT2D eigenvalue weighted by molar-refractivity contribution is 7.91. The molecule has 60 heavy (non-hydrogen) atoms. The van der Waals surface area contributed by atoms with Crippen molar-refractivity contribution in [2.75, 3.05) is 29.4 Å². The predicted octanol–water partition coefficient (Wildman–Crippen LogP) is 3.55. The summed E-state index contributed by atoms with van der Waals surface area (Å²) in [6.45, 7) is 0. The number of fused-ring (bicyclic) bond motifs is 2. The number of nitrogens with two attached hydrogens (primary N) is 2. The van der Waals surface area contributed by atoms with Crippen LogP contribution in [0.3, 0.4) is 0 Å². The molecule has 0 radical (unpaired) electrons. The van der Waals surface area contributed by atoms with Crippen LogP contribution in [0.2, 0.25) is 0 Å². The van der Waals surface area contributed by atoms with Crippen LogP contribution in [0.1, 0.15) is 31.8 Å². The van der Waals surface area contributed by atoms with Gasteiger partial charge in [0.25, 0.3) is 40.5 Å². The fourth-order valence-corrected chi connectivity index (χ4v) is 8.06. The van der Waals surface area contributed by atoms with Crippen LogP contribution in [0.5, 0.6) is 5.75 Å². The number of nitrogens with zero attached hydrogens (tertiary/aromatic N) is 4. The molecule has 2 aliphatic carbocycles. The zero-order chi connectivity index (χ0) is 44.1. The first-order chi connectivity index (χ1) is 27.9. The average molecular weight is 903 g/mol. The van der Waals surface area contributed by atoms with Gasteiger partial charge in [0.2, 0.25) is 11.6 Å². The number of methoxy groups -OCH3 is 1. The lowest BCUT2D eigenvalue weighted by molar-refractivity contribution is 0.105. The minimum absolute atomic E-state index is 0.0617. The Bertz CT molecular complexity index is 3180. The van der Waals surface area contributed by atoms with Gasteiger partial charge in [0.05, 0.1) is 50.8 Å². The van der Waals surface area contributed by atoms with E-state index in [1.165, 1.54) is 49.6 Å². The Balaban J connectivity index is 1.20. The lowest BCUT2D eigenvalue weighted by Gasteiger charge is -2.18. The lowest BCUT2D eigenvalue weighted by Crippen LogP contribution is -2.28. The van der Waals surface area contributed by atoms with E-state index < -0.39 is 94.4 Å². The van der Waals surface area contributed by atoms with Crippen molar-refractivity contribution in [1.82, 2.24) is 0 Å². The molecule has 0 amide bonds. The van der Waals surface area contributed by atoms with E-state index in [4.69, 9.17) is 16.2 Å². The van der Waals surface area contributed by atoms with Crippen LogP contribution in [-0.4, -0.2) is 82.0 Å². The van der Waals surface area contributed by atoms with Gasteiger partial charge in [-0.3, -0.25) is 38.7 Å². The fraction of sp³-hybridized carbons (Fsp3) is 0.0303. The molecule has 0 heterocycles. The number of carbonyl (C=O) groups is 2. The number of anilines is 4. The number of benzene rings is 4. The molecule has 0 aromatic heterocycles. The Morgan fingerprint density at radius 1 is 0.567 bits per heavy atom. The molecule has 2 aliphatic rings. The molecule has 0 saturated carbocycles. The van der Waals surface area contributed by atoms with E-state index in [1.807, 2.05) is 0 Å². The molecule has 4 aromatic rings. The van der Waals surface area contributed by atoms with E-state index in [1.54, 1.807) is 0 Å². The molecule has 0 saturated heterocycles. The van der Waals surface area contributed by atoms with Crippen LogP contribution in [-0.2, 0) is 40.5 Å². The Morgan fingerprint density at radius 3 is 1.43 bits per heavy atom. The molecule has 0 aliphatic heterocycles. The van der Waals surface area contributed by atoms with Gasteiger partial charge in [-0.25, -0.2) is 0 Å². The van der Waals surface area contributed by atoms with E-state index in [9.17, 15) is 61.5 Å². The van der Waals surface area contributed by atoms with Crippen molar-refractivity contribution in [2.45, 2.75) is 9.79 Å². The summed E-state index contributed by atoms with van der Waals surface area (Å²) >= 11 is 0. The number of allylic oxidation sites excluding steroid dienone is 2. The first kappa shape index (κ1) is 42.9. The average Bonchev–Trinajstić information content (AvgIpc) is 3.14.